The Balaban J connectivity index is 2.66. The van der Waals surface area contributed by atoms with Crippen LogP contribution in [0.25, 0.3) is 0 Å². The smallest absolute Gasteiger partial charge is 0.320 e. The summed E-state index contributed by atoms with van der Waals surface area (Å²) in [6, 6.07) is 9.36. The lowest BCUT2D eigenvalue weighted by molar-refractivity contribution is -0.160. The average Bonchev–Trinajstić information content (AvgIpc) is 2.45. The third-order valence-electron chi connectivity index (χ3n) is 2.80. The van der Waals surface area contributed by atoms with E-state index in [0.29, 0.717) is 13.0 Å². The first-order valence-corrected chi connectivity index (χ1v) is 6.47. The molecule has 104 valence electrons. The average molecular weight is 264 g/mol. The van der Waals surface area contributed by atoms with Gasteiger partial charge in [-0.05, 0) is 18.4 Å². The molecule has 4 nitrogen and oxygen atoms in total. The fraction of sp³-hybridized carbons (Fsp3) is 0.467. The predicted molar refractivity (Wildman–Crippen MR) is 71.5 cm³/mol. The molecule has 4 heteroatoms. The minimum Gasteiger partial charge on any atom is -0.468 e. The molecule has 0 aliphatic heterocycles. The van der Waals surface area contributed by atoms with E-state index in [1.165, 1.54) is 7.11 Å². The largest absolute Gasteiger partial charge is 0.468 e. The number of carbonyl (C=O) groups excluding carboxylic acids is 2. The van der Waals surface area contributed by atoms with E-state index >= 15 is 0 Å². The molecule has 0 bridgehead atoms. The Morgan fingerprint density at radius 2 is 1.84 bits per heavy atom. The Bertz CT molecular complexity index is 400. The highest BCUT2D eigenvalue weighted by molar-refractivity contribution is 5.95. The van der Waals surface area contributed by atoms with Gasteiger partial charge in [0.1, 0.15) is 0 Å². The highest BCUT2D eigenvalue weighted by Crippen LogP contribution is 2.12. The molecular formula is C15H20O4. The summed E-state index contributed by atoms with van der Waals surface area (Å²) in [7, 11) is 1.28. The quantitative estimate of drug-likeness (QED) is 0.431. The van der Waals surface area contributed by atoms with Crippen molar-refractivity contribution >= 4 is 11.9 Å². The van der Waals surface area contributed by atoms with E-state index in [1.54, 1.807) is 0 Å². The molecule has 0 amide bonds. The minimum atomic E-state index is -0.885. The molecule has 0 spiro atoms. The molecule has 0 saturated carbocycles. The number of hydrogen-bond donors (Lipinski definition) is 0. The number of carbonyl (C=O) groups is 2. The molecule has 0 fully saturated rings. The molecule has 0 heterocycles. The van der Waals surface area contributed by atoms with E-state index in [4.69, 9.17) is 4.74 Å². The molecule has 0 aromatic heterocycles. The van der Waals surface area contributed by atoms with Crippen LogP contribution in [-0.2, 0) is 25.5 Å². The minimum absolute atomic E-state index is 0.304. The summed E-state index contributed by atoms with van der Waals surface area (Å²) in [5, 5.41) is 0. The molecule has 19 heavy (non-hydrogen) atoms. The van der Waals surface area contributed by atoms with Gasteiger partial charge in [-0.3, -0.25) is 9.59 Å². The Morgan fingerprint density at radius 1 is 1.16 bits per heavy atom. The number of rotatable bonds is 7. The van der Waals surface area contributed by atoms with Gasteiger partial charge in [-0.1, -0.05) is 43.7 Å². The van der Waals surface area contributed by atoms with Crippen LogP contribution in [0.4, 0.5) is 0 Å². The molecule has 1 atom stereocenters. The third kappa shape index (κ3) is 5.12. The van der Waals surface area contributed by atoms with E-state index in [2.05, 4.69) is 4.74 Å². The maximum atomic E-state index is 11.9. The van der Waals surface area contributed by atoms with Crippen LogP contribution in [-0.4, -0.2) is 25.7 Å². The highest BCUT2D eigenvalue weighted by Gasteiger charge is 2.29. The second kappa shape index (κ2) is 8.29. The van der Waals surface area contributed by atoms with Gasteiger partial charge in [0.05, 0.1) is 13.7 Å². The number of methoxy groups -OCH3 is 1. The summed E-state index contributed by atoms with van der Waals surface area (Å²) in [6.45, 7) is 2.35. The first-order chi connectivity index (χ1) is 9.19. The van der Waals surface area contributed by atoms with Crippen molar-refractivity contribution in [2.45, 2.75) is 26.2 Å². The SMILES string of the molecule is CCCCOC(=O)C(Cc1ccccc1)C(=O)OC. The normalized spacial score (nSPS) is 11.7. The van der Waals surface area contributed by atoms with Crippen LogP contribution >= 0.6 is 0 Å². The van der Waals surface area contributed by atoms with E-state index in [0.717, 1.165) is 18.4 Å². The molecule has 0 N–H and O–H groups in total. The van der Waals surface area contributed by atoms with Gasteiger partial charge in [-0.25, -0.2) is 0 Å². The number of ether oxygens (including phenoxy) is 2. The van der Waals surface area contributed by atoms with Gasteiger partial charge in [0.2, 0.25) is 0 Å². The van der Waals surface area contributed by atoms with Gasteiger partial charge < -0.3 is 9.47 Å². The van der Waals surface area contributed by atoms with E-state index < -0.39 is 17.9 Å². The van der Waals surface area contributed by atoms with Crippen LogP contribution in [0, 0.1) is 5.92 Å². The van der Waals surface area contributed by atoms with Crippen LogP contribution in [0.1, 0.15) is 25.3 Å². The van der Waals surface area contributed by atoms with Gasteiger partial charge in [0.15, 0.2) is 5.92 Å². The van der Waals surface area contributed by atoms with E-state index in [1.807, 2.05) is 37.3 Å². The van der Waals surface area contributed by atoms with Crippen LogP contribution < -0.4 is 0 Å². The van der Waals surface area contributed by atoms with Crippen molar-refractivity contribution in [3.8, 4) is 0 Å². The van der Waals surface area contributed by atoms with Crippen molar-refractivity contribution in [3.63, 3.8) is 0 Å². The maximum Gasteiger partial charge on any atom is 0.320 e. The van der Waals surface area contributed by atoms with Crippen molar-refractivity contribution in [2.24, 2.45) is 5.92 Å². The van der Waals surface area contributed by atoms with Crippen molar-refractivity contribution < 1.29 is 19.1 Å². The third-order valence-corrected chi connectivity index (χ3v) is 2.80. The van der Waals surface area contributed by atoms with Crippen molar-refractivity contribution in [1.82, 2.24) is 0 Å². The van der Waals surface area contributed by atoms with Crippen molar-refractivity contribution in [1.29, 1.82) is 0 Å². The van der Waals surface area contributed by atoms with E-state index in [9.17, 15) is 9.59 Å². The lowest BCUT2D eigenvalue weighted by atomic mass is 9.99. The Kier molecular flexibility index (Phi) is 6.64. The van der Waals surface area contributed by atoms with Crippen LogP contribution in [0.5, 0.6) is 0 Å². The number of unbranched alkanes of at least 4 members (excludes halogenated alkanes) is 1. The maximum absolute atomic E-state index is 11.9. The molecule has 0 aliphatic rings. The van der Waals surface area contributed by atoms with Gasteiger partial charge in [0.25, 0.3) is 0 Å². The monoisotopic (exact) mass is 264 g/mol. The fourth-order valence-corrected chi connectivity index (χ4v) is 1.67. The zero-order chi connectivity index (χ0) is 14.1. The molecule has 0 saturated heterocycles. The molecule has 1 aromatic carbocycles. The Morgan fingerprint density at radius 3 is 2.42 bits per heavy atom. The summed E-state index contributed by atoms with van der Waals surface area (Å²) in [5.74, 6) is -1.95. The molecule has 1 unspecified atom stereocenters. The van der Waals surface area contributed by atoms with E-state index in [-0.39, 0.29) is 0 Å². The second-order valence-corrected chi connectivity index (χ2v) is 4.29. The first kappa shape index (κ1) is 15.2. The fourth-order valence-electron chi connectivity index (χ4n) is 1.67. The van der Waals surface area contributed by atoms with Gasteiger partial charge >= 0.3 is 11.9 Å². The lowest BCUT2D eigenvalue weighted by Gasteiger charge is -2.14. The first-order valence-electron chi connectivity index (χ1n) is 6.47. The van der Waals surface area contributed by atoms with Crippen LogP contribution in [0.2, 0.25) is 0 Å². The van der Waals surface area contributed by atoms with Crippen LogP contribution in [0.3, 0.4) is 0 Å². The van der Waals surface area contributed by atoms with Gasteiger partial charge in [-0.2, -0.15) is 0 Å². The highest BCUT2D eigenvalue weighted by atomic mass is 16.5. The second-order valence-electron chi connectivity index (χ2n) is 4.29. The van der Waals surface area contributed by atoms with Crippen molar-refractivity contribution in [2.75, 3.05) is 13.7 Å². The van der Waals surface area contributed by atoms with Crippen LogP contribution in [0.15, 0.2) is 30.3 Å². The molecular weight excluding hydrogens is 244 g/mol. The zero-order valence-electron chi connectivity index (χ0n) is 11.4. The van der Waals surface area contributed by atoms with Gasteiger partial charge in [0, 0.05) is 0 Å². The molecule has 1 rings (SSSR count). The topological polar surface area (TPSA) is 52.6 Å². The van der Waals surface area contributed by atoms with Gasteiger partial charge in [-0.15, -0.1) is 0 Å². The Labute approximate surface area is 113 Å². The summed E-state index contributed by atoms with van der Waals surface area (Å²) < 4.78 is 9.77. The standard InChI is InChI=1S/C15H20O4/c1-3-4-10-19-15(17)13(14(16)18-2)11-12-8-6-5-7-9-12/h5-9,13H,3-4,10-11H2,1-2H3. The molecule has 0 aliphatic carbocycles. The lowest BCUT2D eigenvalue weighted by Crippen LogP contribution is -2.29. The molecule has 1 aromatic rings. The number of hydrogen-bond acceptors (Lipinski definition) is 4. The summed E-state index contributed by atoms with van der Waals surface area (Å²) in [5.41, 5.74) is 0.908. The zero-order valence-corrected chi connectivity index (χ0v) is 11.4. The summed E-state index contributed by atoms with van der Waals surface area (Å²) in [6.07, 6.45) is 2.04. The number of benzene rings is 1. The Hall–Kier alpha value is -1.84. The van der Waals surface area contributed by atoms with Crippen molar-refractivity contribution in [3.05, 3.63) is 35.9 Å². The molecule has 0 radical (unpaired) electrons. The number of esters is 2. The summed E-state index contributed by atoms with van der Waals surface area (Å²) in [4.78, 5) is 23.6. The predicted octanol–water partition coefficient (Wildman–Crippen LogP) is 2.36. The summed E-state index contributed by atoms with van der Waals surface area (Å²) >= 11 is 0.